The van der Waals surface area contributed by atoms with E-state index in [0.717, 1.165) is 90.7 Å². The minimum atomic E-state index is -0.0571. The van der Waals surface area contributed by atoms with Gasteiger partial charge >= 0.3 is 0 Å². The first kappa shape index (κ1) is 40.5. The van der Waals surface area contributed by atoms with E-state index >= 15 is 0 Å². The van der Waals surface area contributed by atoms with Gasteiger partial charge in [-0.3, -0.25) is 14.1 Å². The van der Waals surface area contributed by atoms with Gasteiger partial charge in [0.25, 0.3) is 6.33 Å². The largest absolute Gasteiger partial charge is 0.458 e. The molecule has 0 fully saturated rings. The lowest BCUT2D eigenvalue weighted by Crippen LogP contribution is -2.33. The highest BCUT2D eigenvalue weighted by Crippen LogP contribution is 2.51. The Labute approximate surface area is 381 Å². The van der Waals surface area contributed by atoms with Gasteiger partial charge in [-0.15, -0.1) is 0 Å². The molecule has 5 nitrogen and oxygen atoms in total. The molecule has 0 spiro atoms. The predicted molar refractivity (Wildman–Crippen MR) is 266 cm³/mol. The van der Waals surface area contributed by atoms with Crippen LogP contribution in [0, 0.1) is 6.33 Å². The first-order valence-corrected chi connectivity index (χ1v) is 22.8. The van der Waals surface area contributed by atoms with Gasteiger partial charge in [0.2, 0.25) is 0 Å². The Kier molecular flexibility index (Phi) is 9.48. The number of pyridine rings is 1. The van der Waals surface area contributed by atoms with Crippen molar-refractivity contribution in [2.24, 2.45) is 0 Å². The second-order valence-electron chi connectivity index (χ2n) is 20.1. The van der Waals surface area contributed by atoms with Gasteiger partial charge in [0, 0.05) is 28.1 Å². The molecule has 0 aliphatic heterocycles. The number of rotatable bonds is 7. The molecule has 3 heterocycles. The van der Waals surface area contributed by atoms with Crippen molar-refractivity contribution in [1.29, 1.82) is 0 Å². The highest BCUT2D eigenvalue weighted by atomic mass is 16.5. The summed E-state index contributed by atoms with van der Waals surface area (Å²) in [7, 11) is 0. The van der Waals surface area contributed by atoms with Gasteiger partial charge in [-0.25, -0.2) is 0 Å². The van der Waals surface area contributed by atoms with Crippen molar-refractivity contribution in [3.05, 3.63) is 193 Å². The SMILES string of the molecule is CC(C)(C)c1ccnc(-c2cc(Oc3cccc(-[n+]4[c-]n(-c5c(-c6ccccc6)cccc5-c5ccccc5)c5ccccc54)c3)cc3c2oc2c4c(ccc23)C(C)(C)CCC4(C)C)c1. The number of benzene rings is 7. The fraction of sp³-hybridized carbons (Fsp3) is 0.200. The van der Waals surface area contributed by atoms with E-state index in [1.54, 1.807) is 0 Å². The maximum absolute atomic E-state index is 7.12. The number of ether oxygens (including phenoxy) is 1. The number of hydrogen-bond donors (Lipinski definition) is 0. The van der Waals surface area contributed by atoms with Crippen molar-refractivity contribution in [3.8, 4) is 56.4 Å². The zero-order valence-corrected chi connectivity index (χ0v) is 38.2. The summed E-state index contributed by atoms with van der Waals surface area (Å²) in [6.45, 7) is 16.2. The molecule has 0 bridgehead atoms. The quantitative estimate of drug-likeness (QED) is 0.119. The molecule has 1 aliphatic rings. The number of fused-ring (bicyclic) bond motifs is 6. The average Bonchev–Trinajstić information content (AvgIpc) is 3.89. The molecule has 0 radical (unpaired) electrons. The van der Waals surface area contributed by atoms with Crippen LogP contribution in [0.3, 0.4) is 0 Å². The Balaban J connectivity index is 1.07. The fourth-order valence-corrected chi connectivity index (χ4v) is 10.1. The molecule has 7 aromatic carbocycles. The molecule has 0 unspecified atom stereocenters. The van der Waals surface area contributed by atoms with Crippen LogP contribution in [-0.4, -0.2) is 9.55 Å². The van der Waals surface area contributed by atoms with Crippen LogP contribution in [0.15, 0.2) is 174 Å². The Hall–Kier alpha value is -7.24. The Bertz CT molecular complexity index is 3380. The van der Waals surface area contributed by atoms with Crippen LogP contribution in [0.4, 0.5) is 0 Å². The monoisotopic (exact) mass is 847 g/mol. The highest BCUT2D eigenvalue weighted by molar-refractivity contribution is 6.11. The molecule has 10 aromatic rings. The van der Waals surface area contributed by atoms with Crippen LogP contribution in [0.2, 0.25) is 0 Å². The summed E-state index contributed by atoms with van der Waals surface area (Å²) in [6, 6.07) is 57.8. The minimum absolute atomic E-state index is 0.0346. The summed E-state index contributed by atoms with van der Waals surface area (Å²) in [6.07, 6.45) is 7.96. The lowest BCUT2D eigenvalue weighted by atomic mass is 9.63. The fourth-order valence-electron chi connectivity index (χ4n) is 10.1. The molecule has 0 N–H and O–H groups in total. The number of aromatic nitrogens is 3. The Morgan fingerprint density at radius 3 is 2.02 bits per heavy atom. The van der Waals surface area contributed by atoms with Crippen molar-refractivity contribution in [1.82, 2.24) is 9.55 Å². The zero-order chi connectivity index (χ0) is 44.7. The summed E-state index contributed by atoms with van der Waals surface area (Å²) >= 11 is 0. The van der Waals surface area contributed by atoms with Gasteiger partial charge in [0.15, 0.2) is 0 Å². The standard InChI is InChI=1S/C60H53N3O2/c1-58(2,3)41-30-33-61-51(34-41)49-37-44(36-48-47-28-29-50-54(57(47)65-56(48)49)60(6,7)32-31-59(50,4)5)64-43-23-16-22-42(35-43)62-38-63(53-27-15-14-26-52(53)62)55-45(39-18-10-8-11-19-39)24-17-25-46(55)40-20-12-9-13-21-40/h8-30,33-37H,31-32H2,1-7H3. The van der Waals surface area contributed by atoms with E-state index in [0.29, 0.717) is 11.5 Å². The molecule has 3 aromatic heterocycles. The van der Waals surface area contributed by atoms with E-state index in [1.165, 1.54) is 16.7 Å². The second-order valence-corrected chi connectivity index (χ2v) is 20.1. The Morgan fingerprint density at radius 1 is 0.615 bits per heavy atom. The van der Waals surface area contributed by atoms with Crippen molar-refractivity contribution in [2.75, 3.05) is 0 Å². The summed E-state index contributed by atoms with van der Waals surface area (Å²) in [5, 5.41) is 2.12. The van der Waals surface area contributed by atoms with Crippen molar-refractivity contribution in [3.63, 3.8) is 0 Å². The summed E-state index contributed by atoms with van der Waals surface area (Å²) in [5.74, 6) is 1.43. The van der Waals surface area contributed by atoms with Gasteiger partial charge in [-0.1, -0.05) is 170 Å². The third-order valence-electron chi connectivity index (χ3n) is 13.7. The second kappa shape index (κ2) is 15.2. The van der Waals surface area contributed by atoms with Crippen LogP contribution < -0.4 is 9.30 Å². The van der Waals surface area contributed by atoms with Crippen LogP contribution in [0.5, 0.6) is 11.5 Å². The van der Waals surface area contributed by atoms with Gasteiger partial charge in [-0.2, -0.15) is 0 Å². The van der Waals surface area contributed by atoms with Crippen LogP contribution >= 0.6 is 0 Å². The number of imidazole rings is 1. The molecule has 0 atom stereocenters. The maximum Gasteiger partial charge on any atom is 0.269 e. The third-order valence-corrected chi connectivity index (χ3v) is 13.7. The van der Waals surface area contributed by atoms with E-state index < -0.39 is 0 Å². The van der Waals surface area contributed by atoms with Gasteiger partial charge in [0.1, 0.15) is 22.7 Å². The maximum atomic E-state index is 7.12. The van der Waals surface area contributed by atoms with Gasteiger partial charge < -0.3 is 9.15 Å². The lowest BCUT2D eigenvalue weighted by molar-refractivity contribution is -0.572. The topological polar surface area (TPSA) is 44.1 Å². The zero-order valence-electron chi connectivity index (χ0n) is 38.2. The van der Waals surface area contributed by atoms with Crippen molar-refractivity contribution < 1.29 is 13.7 Å². The predicted octanol–water partition coefficient (Wildman–Crippen LogP) is 15.4. The first-order valence-electron chi connectivity index (χ1n) is 22.8. The van der Waals surface area contributed by atoms with E-state index in [4.69, 9.17) is 14.1 Å². The van der Waals surface area contributed by atoms with E-state index in [2.05, 4.69) is 222 Å². The molecule has 1 aliphatic carbocycles. The van der Waals surface area contributed by atoms with E-state index in [9.17, 15) is 0 Å². The number of nitrogens with zero attached hydrogens (tertiary/aromatic N) is 3. The molecule has 0 amide bonds. The van der Waals surface area contributed by atoms with E-state index in [-0.39, 0.29) is 16.2 Å². The van der Waals surface area contributed by atoms with Crippen molar-refractivity contribution in [2.45, 2.75) is 77.6 Å². The molecule has 11 rings (SSSR count). The smallest absolute Gasteiger partial charge is 0.269 e. The molecule has 65 heavy (non-hydrogen) atoms. The summed E-state index contributed by atoms with van der Waals surface area (Å²) in [5.41, 5.74) is 16.0. The summed E-state index contributed by atoms with van der Waals surface area (Å²) in [4.78, 5) is 4.97. The third kappa shape index (κ3) is 7.02. The van der Waals surface area contributed by atoms with Gasteiger partial charge in [0.05, 0.1) is 28.1 Å². The molecular formula is C60H53N3O2. The normalized spacial score (nSPS) is 14.5. The molecule has 320 valence electrons. The Morgan fingerprint density at radius 2 is 1.29 bits per heavy atom. The highest BCUT2D eigenvalue weighted by Gasteiger charge is 2.40. The number of para-hydroxylation sites is 3. The molecular weight excluding hydrogens is 795 g/mol. The molecule has 5 heteroatoms. The van der Waals surface area contributed by atoms with Crippen LogP contribution in [0.1, 0.15) is 78.0 Å². The van der Waals surface area contributed by atoms with E-state index in [1.807, 2.05) is 12.3 Å². The van der Waals surface area contributed by atoms with Crippen LogP contribution in [-0.2, 0) is 16.2 Å². The average molecular weight is 848 g/mol. The molecule has 0 saturated heterocycles. The summed E-state index contributed by atoms with van der Waals surface area (Å²) < 4.78 is 18.5. The minimum Gasteiger partial charge on any atom is -0.458 e. The first-order chi connectivity index (χ1) is 31.3. The van der Waals surface area contributed by atoms with Gasteiger partial charge in [-0.05, 0) is 105 Å². The molecule has 0 saturated carbocycles. The number of furan rings is 1. The lowest BCUT2D eigenvalue weighted by Gasteiger charge is -2.41. The van der Waals surface area contributed by atoms with Crippen LogP contribution in [0.25, 0.3) is 77.9 Å². The van der Waals surface area contributed by atoms with Crippen molar-refractivity contribution >= 4 is 33.0 Å². The number of hydrogen-bond acceptors (Lipinski definition) is 3.